The second-order valence-electron chi connectivity index (χ2n) is 3.93. The fourth-order valence-corrected chi connectivity index (χ4v) is 1.78. The molecular weight excluding hydrogens is 220 g/mol. The van der Waals surface area contributed by atoms with Crippen LogP contribution in [0.15, 0.2) is 18.3 Å². The zero-order valence-electron chi connectivity index (χ0n) is 9.45. The van der Waals surface area contributed by atoms with Gasteiger partial charge in [0.1, 0.15) is 0 Å². The molecule has 1 heterocycles. The highest BCUT2D eigenvalue weighted by molar-refractivity contribution is 5.86. The first-order chi connectivity index (χ1) is 8.08. The molecule has 17 heavy (non-hydrogen) atoms. The van der Waals surface area contributed by atoms with Crippen LogP contribution in [0.5, 0.6) is 11.5 Å². The summed E-state index contributed by atoms with van der Waals surface area (Å²) in [7, 11) is 0. The molecule has 0 saturated heterocycles. The minimum Gasteiger partial charge on any atom is -0.504 e. The third-order valence-electron chi connectivity index (χ3n) is 2.63. The van der Waals surface area contributed by atoms with E-state index in [-0.39, 0.29) is 17.4 Å². The van der Waals surface area contributed by atoms with Crippen molar-refractivity contribution in [2.45, 2.75) is 13.3 Å². The van der Waals surface area contributed by atoms with Crippen molar-refractivity contribution in [3.63, 3.8) is 0 Å². The van der Waals surface area contributed by atoms with Gasteiger partial charge < -0.3 is 20.5 Å². The van der Waals surface area contributed by atoms with Crippen LogP contribution in [0.3, 0.4) is 0 Å². The largest absolute Gasteiger partial charge is 0.504 e. The van der Waals surface area contributed by atoms with Gasteiger partial charge in [0.05, 0.1) is 0 Å². The zero-order chi connectivity index (χ0) is 12.4. The third kappa shape index (κ3) is 2.33. The van der Waals surface area contributed by atoms with Crippen molar-refractivity contribution < 1.29 is 15.0 Å². The van der Waals surface area contributed by atoms with E-state index >= 15 is 0 Å². The number of amides is 1. The summed E-state index contributed by atoms with van der Waals surface area (Å²) in [6.45, 7) is 2.02. The molecule has 0 aliphatic carbocycles. The Labute approximate surface area is 98.1 Å². The number of phenolic OH excluding ortho intramolecular Hbond substituents is 2. The van der Waals surface area contributed by atoms with Crippen LogP contribution >= 0.6 is 0 Å². The normalized spacial score (nSPS) is 10.6. The predicted octanol–water partition coefficient (Wildman–Crippen LogP) is 1.26. The quantitative estimate of drug-likeness (QED) is 0.603. The highest BCUT2D eigenvalue weighted by Crippen LogP contribution is 2.31. The van der Waals surface area contributed by atoms with E-state index in [0.29, 0.717) is 13.0 Å². The van der Waals surface area contributed by atoms with E-state index in [1.54, 1.807) is 0 Å². The molecule has 1 aromatic heterocycles. The van der Waals surface area contributed by atoms with Gasteiger partial charge in [0.15, 0.2) is 11.5 Å². The molecule has 90 valence electrons. The molecule has 2 aromatic rings. The molecule has 0 unspecified atom stereocenters. The highest BCUT2D eigenvalue weighted by Gasteiger charge is 2.08. The lowest BCUT2D eigenvalue weighted by molar-refractivity contribution is -0.118. The minimum absolute atomic E-state index is 0.0645. The van der Waals surface area contributed by atoms with Crippen molar-refractivity contribution in [3.05, 3.63) is 23.9 Å². The summed E-state index contributed by atoms with van der Waals surface area (Å²) >= 11 is 0. The molecule has 4 N–H and O–H groups in total. The molecule has 1 aromatic carbocycles. The van der Waals surface area contributed by atoms with Crippen molar-refractivity contribution in [2.75, 3.05) is 6.54 Å². The minimum atomic E-state index is -0.146. The number of carbonyl (C=O) groups is 1. The van der Waals surface area contributed by atoms with Gasteiger partial charge in [-0.15, -0.1) is 0 Å². The number of hydrogen-bond acceptors (Lipinski definition) is 3. The predicted molar refractivity (Wildman–Crippen MR) is 64.0 cm³/mol. The standard InChI is InChI=1S/C12H14N2O3/c1-7(15)13-3-2-8-6-14-10-5-12(17)11(16)4-9(8)10/h4-6,14,16-17H,2-3H2,1H3,(H,13,15). The van der Waals surface area contributed by atoms with E-state index in [1.165, 1.54) is 19.1 Å². The molecule has 5 nitrogen and oxygen atoms in total. The SMILES string of the molecule is CC(=O)NCCc1c[nH]c2cc(O)c(O)cc12. The fourth-order valence-electron chi connectivity index (χ4n) is 1.78. The average Bonchev–Trinajstić information content (AvgIpc) is 2.62. The lowest BCUT2D eigenvalue weighted by atomic mass is 10.1. The van der Waals surface area contributed by atoms with Crippen LogP contribution in [0.25, 0.3) is 10.9 Å². The summed E-state index contributed by atoms with van der Waals surface area (Å²) in [6, 6.07) is 3.00. The van der Waals surface area contributed by atoms with Crippen LogP contribution < -0.4 is 5.32 Å². The van der Waals surface area contributed by atoms with Gasteiger partial charge in [0, 0.05) is 36.6 Å². The molecule has 0 fully saturated rings. The van der Waals surface area contributed by atoms with Crippen LogP contribution in [0.4, 0.5) is 0 Å². The molecule has 5 heteroatoms. The van der Waals surface area contributed by atoms with Gasteiger partial charge >= 0.3 is 0 Å². The Morgan fingerprint density at radius 3 is 2.76 bits per heavy atom. The van der Waals surface area contributed by atoms with Crippen molar-refractivity contribution in [3.8, 4) is 11.5 Å². The van der Waals surface area contributed by atoms with Crippen LogP contribution in [0.2, 0.25) is 0 Å². The summed E-state index contributed by atoms with van der Waals surface area (Å²) in [5, 5.41) is 22.4. The first-order valence-electron chi connectivity index (χ1n) is 5.34. The molecule has 0 bridgehead atoms. The summed E-state index contributed by atoms with van der Waals surface area (Å²) in [6.07, 6.45) is 2.48. The lowest BCUT2D eigenvalue weighted by Crippen LogP contribution is -2.22. The van der Waals surface area contributed by atoms with Gasteiger partial charge in [-0.1, -0.05) is 0 Å². The molecule has 0 radical (unpaired) electrons. The monoisotopic (exact) mass is 234 g/mol. The van der Waals surface area contributed by atoms with Crippen LogP contribution in [0.1, 0.15) is 12.5 Å². The van der Waals surface area contributed by atoms with Gasteiger partial charge in [-0.3, -0.25) is 4.79 Å². The molecular formula is C12H14N2O3. The summed E-state index contributed by atoms with van der Waals surface area (Å²) in [5.74, 6) is -0.351. The second kappa shape index (κ2) is 4.37. The maximum absolute atomic E-state index is 10.7. The Morgan fingerprint density at radius 2 is 2.06 bits per heavy atom. The lowest BCUT2D eigenvalue weighted by Gasteiger charge is -2.02. The van der Waals surface area contributed by atoms with E-state index in [0.717, 1.165) is 16.5 Å². The Bertz CT molecular complexity index is 560. The first-order valence-corrected chi connectivity index (χ1v) is 5.34. The Kier molecular flexibility index (Phi) is 2.91. The van der Waals surface area contributed by atoms with Gasteiger partial charge in [0.25, 0.3) is 0 Å². The first kappa shape index (κ1) is 11.3. The molecule has 1 amide bonds. The Morgan fingerprint density at radius 1 is 1.35 bits per heavy atom. The van der Waals surface area contributed by atoms with Gasteiger partial charge in [-0.05, 0) is 18.1 Å². The second-order valence-corrected chi connectivity index (χ2v) is 3.93. The number of rotatable bonds is 3. The molecule has 0 aliphatic rings. The van der Waals surface area contributed by atoms with E-state index in [9.17, 15) is 15.0 Å². The molecule has 2 rings (SSSR count). The Hall–Kier alpha value is -2.17. The number of aromatic hydroxyl groups is 2. The van der Waals surface area contributed by atoms with Gasteiger partial charge in [0.2, 0.25) is 5.91 Å². The highest BCUT2D eigenvalue weighted by atomic mass is 16.3. The Balaban J connectivity index is 2.23. The smallest absolute Gasteiger partial charge is 0.216 e. The number of fused-ring (bicyclic) bond motifs is 1. The molecule has 0 spiro atoms. The zero-order valence-corrected chi connectivity index (χ0v) is 9.45. The number of hydrogen-bond donors (Lipinski definition) is 4. The number of carbonyl (C=O) groups excluding carboxylic acids is 1. The number of aromatic amines is 1. The fraction of sp³-hybridized carbons (Fsp3) is 0.250. The number of phenols is 2. The van der Waals surface area contributed by atoms with Crippen LogP contribution in [-0.4, -0.2) is 27.6 Å². The van der Waals surface area contributed by atoms with E-state index in [1.807, 2.05) is 6.20 Å². The maximum atomic E-state index is 10.7. The maximum Gasteiger partial charge on any atom is 0.216 e. The summed E-state index contributed by atoms with van der Waals surface area (Å²) in [4.78, 5) is 13.8. The van der Waals surface area contributed by atoms with E-state index in [2.05, 4.69) is 10.3 Å². The van der Waals surface area contributed by atoms with Crippen molar-refractivity contribution >= 4 is 16.8 Å². The number of benzene rings is 1. The summed E-state index contributed by atoms with van der Waals surface area (Å²) < 4.78 is 0. The topological polar surface area (TPSA) is 85.4 Å². The van der Waals surface area contributed by atoms with Crippen molar-refractivity contribution in [1.29, 1.82) is 0 Å². The average molecular weight is 234 g/mol. The molecule has 0 aliphatic heterocycles. The van der Waals surface area contributed by atoms with Gasteiger partial charge in [-0.2, -0.15) is 0 Å². The number of H-pyrrole nitrogens is 1. The number of aromatic nitrogens is 1. The third-order valence-corrected chi connectivity index (χ3v) is 2.63. The van der Waals surface area contributed by atoms with E-state index < -0.39 is 0 Å². The molecule has 0 atom stereocenters. The van der Waals surface area contributed by atoms with Gasteiger partial charge in [-0.25, -0.2) is 0 Å². The van der Waals surface area contributed by atoms with Crippen molar-refractivity contribution in [1.82, 2.24) is 10.3 Å². The number of nitrogens with one attached hydrogen (secondary N) is 2. The summed E-state index contributed by atoms with van der Waals surface area (Å²) in [5.41, 5.74) is 1.75. The van der Waals surface area contributed by atoms with Crippen LogP contribution in [0, 0.1) is 0 Å². The molecule has 0 saturated carbocycles. The van der Waals surface area contributed by atoms with E-state index in [4.69, 9.17) is 0 Å². The van der Waals surface area contributed by atoms with Crippen LogP contribution in [-0.2, 0) is 11.2 Å². The van der Waals surface area contributed by atoms with Crippen molar-refractivity contribution in [2.24, 2.45) is 0 Å².